The van der Waals surface area contributed by atoms with Crippen molar-refractivity contribution < 1.29 is 17.9 Å². The number of hydrogen-bond donors (Lipinski definition) is 1. The van der Waals surface area contributed by atoms with Crippen molar-refractivity contribution in [2.75, 3.05) is 26.3 Å². The van der Waals surface area contributed by atoms with Crippen LogP contribution >= 0.6 is 0 Å². The fourth-order valence-corrected chi connectivity index (χ4v) is 3.02. The van der Waals surface area contributed by atoms with E-state index in [0.717, 1.165) is 25.6 Å². The summed E-state index contributed by atoms with van der Waals surface area (Å²) in [6.45, 7) is 5.08. The Hall–Kier alpha value is -1.07. The fraction of sp³-hybridized carbons (Fsp3) is 0.727. The van der Waals surface area contributed by atoms with Crippen molar-refractivity contribution in [2.24, 2.45) is 0 Å². The summed E-state index contributed by atoms with van der Waals surface area (Å²) in [5.74, 6) is 0. The maximum Gasteiger partial charge on any atom is 0.416 e. The predicted octanol–water partition coefficient (Wildman–Crippen LogP) is 6.38. The van der Waals surface area contributed by atoms with Gasteiger partial charge in [-0.05, 0) is 31.0 Å². The lowest BCUT2D eigenvalue weighted by Crippen LogP contribution is -2.22. The predicted molar refractivity (Wildman–Crippen MR) is 106 cm³/mol. The van der Waals surface area contributed by atoms with Crippen molar-refractivity contribution in [3.05, 3.63) is 35.4 Å². The minimum Gasteiger partial charge on any atom is -0.380 e. The second-order valence-electron chi connectivity index (χ2n) is 7.14. The molecule has 0 atom stereocenters. The van der Waals surface area contributed by atoms with Crippen LogP contribution in [-0.4, -0.2) is 26.3 Å². The molecule has 0 radical (unpaired) electrons. The molecule has 0 fully saturated rings. The van der Waals surface area contributed by atoms with Crippen LogP contribution < -0.4 is 5.32 Å². The summed E-state index contributed by atoms with van der Waals surface area (Å²) in [6, 6.07) is 5.53. The number of rotatable bonds is 16. The van der Waals surface area contributed by atoms with Gasteiger partial charge in [0.25, 0.3) is 0 Å². The number of nitrogens with one attached hydrogen (secondary N) is 1. The highest BCUT2D eigenvalue weighted by Crippen LogP contribution is 2.29. The van der Waals surface area contributed by atoms with Crippen LogP contribution in [0.5, 0.6) is 0 Å². The lowest BCUT2D eigenvalue weighted by Gasteiger charge is -2.09. The standard InChI is InChI=1S/C22H36F3NO/c1-2-3-4-5-6-7-8-9-10-17-27-18-16-26-15-14-20-12-11-13-21(19-20)22(23,24)25/h11-13,19,26H,2-10,14-18H2,1H3. The first-order valence-electron chi connectivity index (χ1n) is 10.5. The second kappa shape index (κ2) is 14.9. The molecule has 0 aliphatic carbocycles. The highest BCUT2D eigenvalue weighted by Gasteiger charge is 2.30. The molecule has 0 saturated heterocycles. The zero-order chi connectivity index (χ0) is 19.8. The van der Waals surface area contributed by atoms with Crippen molar-refractivity contribution in [2.45, 2.75) is 77.3 Å². The van der Waals surface area contributed by atoms with Gasteiger partial charge in [0.2, 0.25) is 0 Å². The van der Waals surface area contributed by atoms with Crippen molar-refractivity contribution in [3.63, 3.8) is 0 Å². The number of halogens is 3. The van der Waals surface area contributed by atoms with Crippen molar-refractivity contribution in [1.82, 2.24) is 5.32 Å². The van der Waals surface area contributed by atoms with Crippen molar-refractivity contribution >= 4 is 0 Å². The van der Waals surface area contributed by atoms with Gasteiger partial charge in [0, 0.05) is 13.2 Å². The van der Waals surface area contributed by atoms with Gasteiger partial charge in [0.15, 0.2) is 0 Å². The Labute approximate surface area is 162 Å². The van der Waals surface area contributed by atoms with Gasteiger partial charge in [-0.1, -0.05) is 76.5 Å². The van der Waals surface area contributed by atoms with Crippen LogP contribution in [0.2, 0.25) is 0 Å². The Kier molecular flexibility index (Phi) is 13.2. The zero-order valence-corrected chi connectivity index (χ0v) is 16.8. The Morgan fingerprint density at radius 2 is 1.52 bits per heavy atom. The van der Waals surface area contributed by atoms with E-state index in [1.807, 2.05) is 0 Å². The maximum atomic E-state index is 12.7. The van der Waals surface area contributed by atoms with Gasteiger partial charge < -0.3 is 10.1 Å². The average Bonchev–Trinajstić information content (AvgIpc) is 2.64. The monoisotopic (exact) mass is 387 g/mol. The van der Waals surface area contributed by atoms with Crippen molar-refractivity contribution in [1.29, 1.82) is 0 Å². The van der Waals surface area contributed by atoms with E-state index in [9.17, 15) is 13.2 Å². The number of ether oxygens (including phenoxy) is 1. The Balaban J connectivity index is 1.90. The first kappa shape index (κ1) is 24.0. The molecule has 0 aliphatic heterocycles. The van der Waals surface area contributed by atoms with Crippen LogP contribution in [0.4, 0.5) is 13.2 Å². The van der Waals surface area contributed by atoms with Gasteiger partial charge in [-0.25, -0.2) is 0 Å². The fourth-order valence-electron chi connectivity index (χ4n) is 3.02. The van der Waals surface area contributed by atoms with E-state index in [0.29, 0.717) is 25.1 Å². The van der Waals surface area contributed by atoms with Crippen LogP contribution in [0.25, 0.3) is 0 Å². The molecule has 1 aromatic rings. The molecule has 0 heterocycles. The largest absolute Gasteiger partial charge is 0.416 e. The van der Waals surface area contributed by atoms with Crippen LogP contribution in [0.1, 0.15) is 75.8 Å². The van der Waals surface area contributed by atoms with E-state index >= 15 is 0 Å². The highest BCUT2D eigenvalue weighted by atomic mass is 19.4. The quantitative estimate of drug-likeness (QED) is 0.332. The molecule has 0 amide bonds. The minimum absolute atomic E-state index is 0.579. The van der Waals surface area contributed by atoms with E-state index in [4.69, 9.17) is 4.74 Å². The molecule has 0 aromatic heterocycles. The summed E-state index contributed by atoms with van der Waals surface area (Å²) in [5.41, 5.74) is 0.122. The van der Waals surface area contributed by atoms with Crippen LogP contribution in [-0.2, 0) is 17.3 Å². The van der Waals surface area contributed by atoms with E-state index in [1.54, 1.807) is 6.07 Å². The van der Waals surface area contributed by atoms with E-state index in [-0.39, 0.29) is 0 Å². The second-order valence-corrected chi connectivity index (χ2v) is 7.14. The third-order valence-corrected chi connectivity index (χ3v) is 4.66. The van der Waals surface area contributed by atoms with Gasteiger partial charge in [0.1, 0.15) is 0 Å². The first-order valence-corrected chi connectivity index (χ1v) is 10.5. The SMILES string of the molecule is CCCCCCCCCCCOCCNCCc1cccc(C(F)(F)F)c1. The number of hydrogen-bond acceptors (Lipinski definition) is 2. The molecule has 0 bridgehead atoms. The van der Waals surface area contributed by atoms with E-state index in [1.165, 1.54) is 63.5 Å². The molecule has 0 saturated carbocycles. The van der Waals surface area contributed by atoms with E-state index in [2.05, 4.69) is 12.2 Å². The minimum atomic E-state index is -4.27. The molecule has 5 heteroatoms. The Bertz CT molecular complexity index is 477. The topological polar surface area (TPSA) is 21.3 Å². The summed E-state index contributed by atoms with van der Waals surface area (Å²) in [7, 11) is 0. The molecule has 1 aromatic carbocycles. The van der Waals surface area contributed by atoms with Gasteiger partial charge >= 0.3 is 6.18 Å². The molecule has 0 aliphatic rings. The smallest absolute Gasteiger partial charge is 0.380 e. The van der Waals surface area contributed by atoms with Crippen LogP contribution in [0.3, 0.4) is 0 Å². The average molecular weight is 388 g/mol. The first-order chi connectivity index (χ1) is 13.0. The third-order valence-electron chi connectivity index (χ3n) is 4.66. The lowest BCUT2D eigenvalue weighted by molar-refractivity contribution is -0.137. The van der Waals surface area contributed by atoms with Gasteiger partial charge in [-0.15, -0.1) is 0 Å². The van der Waals surface area contributed by atoms with E-state index < -0.39 is 11.7 Å². The summed E-state index contributed by atoms with van der Waals surface area (Å²) in [5, 5.41) is 3.22. The maximum absolute atomic E-state index is 12.7. The molecule has 27 heavy (non-hydrogen) atoms. The van der Waals surface area contributed by atoms with Gasteiger partial charge in [-0.2, -0.15) is 13.2 Å². The van der Waals surface area contributed by atoms with Crippen LogP contribution in [0, 0.1) is 0 Å². The van der Waals surface area contributed by atoms with Crippen molar-refractivity contribution in [3.8, 4) is 0 Å². The van der Waals surface area contributed by atoms with Crippen LogP contribution in [0.15, 0.2) is 24.3 Å². The van der Waals surface area contributed by atoms with Gasteiger partial charge in [0.05, 0.1) is 12.2 Å². The molecule has 1 rings (SSSR count). The summed E-state index contributed by atoms with van der Waals surface area (Å²) in [6.07, 6.45) is 8.06. The Morgan fingerprint density at radius 1 is 0.852 bits per heavy atom. The molecular formula is C22H36F3NO. The normalized spacial score (nSPS) is 11.9. The summed E-state index contributed by atoms with van der Waals surface area (Å²) in [4.78, 5) is 0. The number of unbranched alkanes of at least 4 members (excludes halogenated alkanes) is 8. The molecule has 156 valence electrons. The summed E-state index contributed by atoms with van der Waals surface area (Å²) < 4.78 is 43.6. The Morgan fingerprint density at radius 3 is 2.19 bits per heavy atom. The lowest BCUT2D eigenvalue weighted by atomic mass is 10.1. The highest BCUT2D eigenvalue weighted by molar-refractivity contribution is 5.25. The molecular weight excluding hydrogens is 351 g/mol. The number of alkyl halides is 3. The molecule has 2 nitrogen and oxygen atoms in total. The number of benzene rings is 1. The molecule has 0 spiro atoms. The third kappa shape index (κ3) is 12.9. The molecule has 1 N–H and O–H groups in total. The molecule has 0 unspecified atom stereocenters. The zero-order valence-electron chi connectivity index (χ0n) is 16.8. The van der Waals surface area contributed by atoms with Gasteiger partial charge in [-0.3, -0.25) is 0 Å². The summed E-state index contributed by atoms with van der Waals surface area (Å²) >= 11 is 0.